The van der Waals surface area contributed by atoms with Gasteiger partial charge in [0.05, 0.1) is 34.2 Å². The van der Waals surface area contributed by atoms with Gasteiger partial charge in [-0.3, -0.25) is 0 Å². The fraction of sp³-hybridized carbons (Fsp3) is 0.326. The summed E-state index contributed by atoms with van der Waals surface area (Å²) in [6, 6.07) is 23.9. The molecule has 0 saturated carbocycles. The average molecular weight is 685 g/mol. The number of unbranched alkanes of at least 4 members (excludes halogenated alkanes) is 6. The molecular weight excluding hydrogens is 641 g/mol. The van der Waals surface area contributed by atoms with Gasteiger partial charge in [0, 0.05) is 20.5 Å². The Labute approximate surface area is 297 Å². The lowest BCUT2D eigenvalue weighted by Crippen LogP contribution is -2.04. The first-order valence-electron chi connectivity index (χ1n) is 18.0. The standard InChI is InChI=1S/C43H44N2O2S2/c1-4-7-9-11-13-28-21-39(48-26-28)30-15-18-33-35(23-30)36-24-31(40-22-29(27-49-40)14-12-10-8-5-2)16-19-34(36)42-41(33)44-37-20-17-32(25-38(37)45-42)43(46)47-6-3/h15-27H,4-14H2,1-3H3. The molecule has 0 aliphatic rings. The topological polar surface area (TPSA) is 52.1 Å². The molecule has 0 aliphatic heterocycles. The first-order chi connectivity index (χ1) is 24.1. The van der Waals surface area contributed by atoms with Gasteiger partial charge >= 0.3 is 5.97 Å². The molecule has 0 radical (unpaired) electrons. The van der Waals surface area contributed by atoms with Gasteiger partial charge in [-0.05, 0) is 119 Å². The van der Waals surface area contributed by atoms with Gasteiger partial charge in [0.15, 0.2) is 0 Å². The second-order valence-corrected chi connectivity index (χ2v) is 14.9. The predicted octanol–water partition coefficient (Wildman–Crippen LogP) is 13.0. The average Bonchev–Trinajstić information content (AvgIpc) is 3.81. The number of benzene rings is 4. The normalized spacial score (nSPS) is 11.7. The van der Waals surface area contributed by atoms with E-state index in [-0.39, 0.29) is 5.97 Å². The second-order valence-electron chi connectivity index (χ2n) is 13.1. The van der Waals surface area contributed by atoms with E-state index in [0.29, 0.717) is 17.7 Å². The highest BCUT2D eigenvalue weighted by atomic mass is 32.1. The lowest BCUT2D eigenvalue weighted by atomic mass is 9.95. The van der Waals surface area contributed by atoms with Crippen LogP contribution in [0.5, 0.6) is 0 Å². The fourth-order valence-electron chi connectivity index (χ4n) is 6.85. The number of hydrogen-bond donors (Lipinski definition) is 0. The number of aromatic nitrogens is 2. The smallest absolute Gasteiger partial charge is 0.338 e. The molecule has 7 rings (SSSR count). The van der Waals surface area contributed by atoms with Crippen molar-refractivity contribution in [3.63, 3.8) is 0 Å². The van der Waals surface area contributed by atoms with E-state index in [4.69, 9.17) is 14.7 Å². The highest BCUT2D eigenvalue weighted by Gasteiger charge is 2.17. The Balaban J connectivity index is 1.36. The number of rotatable bonds is 14. The van der Waals surface area contributed by atoms with Crippen LogP contribution in [-0.2, 0) is 17.6 Å². The summed E-state index contributed by atoms with van der Waals surface area (Å²) in [5.41, 5.74) is 9.01. The zero-order valence-electron chi connectivity index (χ0n) is 28.8. The van der Waals surface area contributed by atoms with Gasteiger partial charge in [0.2, 0.25) is 0 Å². The summed E-state index contributed by atoms with van der Waals surface area (Å²) in [6.45, 7) is 6.68. The van der Waals surface area contributed by atoms with Crippen LogP contribution in [0.2, 0.25) is 0 Å². The van der Waals surface area contributed by atoms with Gasteiger partial charge in [-0.1, -0.05) is 76.6 Å². The molecule has 7 aromatic rings. The van der Waals surface area contributed by atoms with Gasteiger partial charge in [0.1, 0.15) is 0 Å². The molecule has 3 aromatic heterocycles. The Kier molecular flexibility index (Phi) is 10.3. The van der Waals surface area contributed by atoms with E-state index in [0.717, 1.165) is 40.2 Å². The van der Waals surface area contributed by atoms with E-state index in [1.165, 1.54) is 94.1 Å². The van der Waals surface area contributed by atoms with Crippen molar-refractivity contribution in [3.8, 4) is 20.9 Å². The number of fused-ring (bicyclic) bond motifs is 7. The summed E-state index contributed by atoms with van der Waals surface area (Å²) in [5, 5.41) is 9.18. The molecule has 0 amide bonds. The summed E-state index contributed by atoms with van der Waals surface area (Å²) in [5.74, 6) is -0.342. The zero-order chi connectivity index (χ0) is 33.7. The lowest BCUT2D eigenvalue weighted by molar-refractivity contribution is 0.0526. The van der Waals surface area contributed by atoms with Crippen molar-refractivity contribution in [1.82, 2.24) is 9.97 Å². The minimum absolute atomic E-state index is 0.331. The van der Waals surface area contributed by atoms with Crippen LogP contribution >= 0.6 is 22.7 Å². The molecule has 4 aromatic carbocycles. The Bertz CT molecular complexity index is 2260. The molecule has 4 nitrogen and oxygen atoms in total. The predicted molar refractivity (Wildman–Crippen MR) is 210 cm³/mol. The maximum absolute atomic E-state index is 12.6. The van der Waals surface area contributed by atoms with Crippen molar-refractivity contribution in [2.45, 2.75) is 85.0 Å². The van der Waals surface area contributed by atoms with Gasteiger partial charge in [-0.2, -0.15) is 0 Å². The van der Waals surface area contributed by atoms with Crippen LogP contribution in [-0.4, -0.2) is 22.5 Å². The number of carbonyl (C=O) groups is 1. The van der Waals surface area contributed by atoms with E-state index >= 15 is 0 Å². The van der Waals surface area contributed by atoms with Crippen molar-refractivity contribution in [3.05, 3.63) is 94.2 Å². The number of ether oxygens (including phenoxy) is 1. The van der Waals surface area contributed by atoms with E-state index in [2.05, 4.69) is 73.1 Å². The van der Waals surface area contributed by atoms with E-state index in [1.807, 2.05) is 35.7 Å². The van der Waals surface area contributed by atoms with Gasteiger partial charge in [-0.15, -0.1) is 22.7 Å². The molecule has 0 fully saturated rings. The minimum atomic E-state index is -0.342. The molecule has 0 saturated heterocycles. The molecule has 49 heavy (non-hydrogen) atoms. The maximum Gasteiger partial charge on any atom is 0.338 e. The first-order valence-corrected chi connectivity index (χ1v) is 19.8. The number of aryl methyl sites for hydroxylation is 2. The van der Waals surface area contributed by atoms with Gasteiger partial charge < -0.3 is 4.74 Å². The van der Waals surface area contributed by atoms with Crippen LogP contribution < -0.4 is 0 Å². The molecular formula is C43H44N2O2S2. The maximum atomic E-state index is 12.6. The Hall–Kier alpha value is -4.13. The van der Waals surface area contributed by atoms with Crippen molar-refractivity contribution in [2.75, 3.05) is 6.61 Å². The third kappa shape index (κ3) is 7.13. The van der Waals surface area contributed by atoms with Gasteiger partial charge in [0.25, 0.3) is 0 Å². The third-order valence-electron chi connectivity index (χ3n) is 9.53. The van der Waals surface area contributed by atoms with Crippen LogP contribution in [0.1, 0.15) is 93.6 Å². The SMILES string of the molecule is CCCCCCc1csc(-c2ccc3c(c2)c2cc(-c4cc(CCCCCC)cs4)ccc2c2nc4cc(C(=O)OCC)ccc4nc32)c1. The zero-order valence-corrected chi connectivity index (χ0v) is 30.4. The van der Waals surface area contributed by atoms with Crippen molar-refractivity contribution >= 4 is 72.3 Å². The van der Waals surface area contributed by atoms with Crippen LogP contribution in [0.4, 0.5) is 0 Å². The minimum Gasteiger partial charge on any atom is -0.462 e. The largest absolute Gasteiger partial charge is 0.462 e. The summed E-state index contributed by atoms with van der Waals surface area (Å²) >= 11 is 3.68. The highest BCUT2D eigenvalue weighted by Crippen LogP contribution is 2.40. The molecule has 0 bridgehead atoms. The summed E-state index contributed by atoms with van der Waals surface area (Å²) in [4.78, 5) is 25.5. The monoisotopic (exact) mass is 684 g/mol. The molecule has 6 heteroatoms. The molecule has 250 valence electrons. The highest BCUT2D eigenvalue weighted by molar-refractivity contribution is 7.14. The number of carbonyl (C=O) groups excluding carboxylic acids is 1. The summed E-state index contributed by atoms with van der Waals surface area (Å²) in [6.07, 6.45) is 12.5. The molecule has 0 unspecified atom stereocenters. The van der Waals surface area contributed by atoms with Crippen LogP contribution in [0, 0.1) is 0 Å². The molecule has 3 heterocycles. The van der Waals surface area contributed by atoms with Crippen LogP contribution in [0.3, 0.4) is 0 Å². The first kappa shape index (κ1) is 33.4. The molecule has 0 spiro atoms. The lowest BCUT2D eigenvalue weighted by Gasteiger charge is -2.13. The number of hydrogen-bond acceptors (Lipinski definition) is 6. The Morgan fingerprint density at radius 1 is 0.592 bits per heavy atom. The summed E-state index contributed by atoms with van der Waals surface area (Å²) in [7, 11) is 0. The molecule has 0 aliphatic carbocycles. The van der Waals surface area contributed by atoms with Crippen molar-refractivity contribution in [2.24, 2.45) is 0 Å². The van der Waals surface area contributed by atoms with Gasteiger partial charge in [-0.25, -0.2) is 14.8 Å². The van der Waals surface area contributed by atoms with E-state index < -0.39 is 0 Å². The van der Waals surface area contributed by atoms with Crippen LogP contribution in [0.15, 0.2) is 77.5 Å². The number of esters is 1. The van der Waals surface area contributed by atoms with Crippen molar-refractivity contribution < 1.29 is 9.53 Å². The summed E-state index contributed by atoms with van der Waals surface area (Å²) < 4.78 is 5.27. The fourth-order valence-corrected chi connectivity index (χ4v) is 8.75. The van der Waals surface area contributed by atoms with Crippen LogP contribution in [0.25, 0.3) is 64.5 Å². The Morgan fingerprint density at radius 2 is 1.14 bits per heavy atom. The van der Waals surface area contributed by atoms with E-state index in [9.17, 15) is 4.79 Å². The number of thiophene rings is 2. The van der Waals surface area contributed by atoms with Crippen molar-refractivity contribution in [1.29, 1.82) is 0 Å². The quantitative estimate of drug-likeness (QED) is 0.0495. The molecule has 0 N–H and O–H groups in total. The molecule has 0 atom stereocenters. The number of nitrogens with zero attached hydrogens (tertiary/aromatic N) is 2. The van der Waals surface area contributed by atoms with E-state index in [1.54, 1.807) is 12.1 Å². The Morgan fingerprint density at radius 3 is 1.67 bits per heavy atom. The third-order valence-corrected chi connectivity index (χ3v) is 11.6. The second kappa shape index (κ2) is 15.2.